The van der Waals surface area contributed by atoms with E-state index < -0.39 is 33.4 Å². The molecule has 47 heavy (non-hydrogen) atoms. The zero-order valence-corrected chi connectivity index (χ0v) is 27.6. The maximum atomic E-state index is 13.8. The molecule has 2 aromatic rings. The molecule has 3 atom stereocenters. The summed E-state index contributed by atoms with van der Waals surface area (Å²) in [6.45, 7) is 0.729. The lowest BCUT2D eigenvalue weighted by molar-refractivity contribution is -0.134. The van der Waals surface area contributed by atoms with Crippen LogP contribution in [0.3, 0.4) is 0 Å². The van der Waals surface area contributed by atoms with E-state index in [-0.39, 0.29) is 67.1 Å². The summed E-state index contributed by atoms with van der Waals surface area (Å²) >= 11 is 0. The Bertz CT molecular complexity index is 1580. The summed E-state index contributed by atoms with van der Waals surface area (Å²) in [5.74, 6) is -3.55. The third-order valence-corrected chi connectivity index (χ3v) is 12.3. The van der Waals surface area contributed by atoms with Gasteiger partial charge in [0.1, 0.15) is 5.54 Å². The molecule has 1 saturated carbocycles. The normalized spacial score (nSPS) is 27.0. The average molecular weight is 672 g/mol. The molecule has 1 aliphatic carbocycles. The third kappa shape index (κ3) is 6.80. The second kappa shape index (κ2) is 12.9. The molecule has 3 aliphatic heterocycles. The Balaban J connectivity index is 1.09. The minimum Gasteiger partial charge on any atom is -0.349 e. The van der Waals surface area contributed by atoms with Gasteiger partial charge in [-0.25, -0.2) is 26.3 Å². The van der Waals surface area contributed by atoms with E-state index in [0.717, 1.165) is 22.7 Å². The van der Waals surface area contributed by atoms with E-state index in [0.29, 0.717) is 31.4 Å². The number of hydrogen-bond donors (Lipinski definition) is 2. The van der Waals surface area contributed by atoms with Crippen LogP contribution < -0.4 is 10.6 Å². The Kier molecular flexibility index (Phi) is 9.18. The highest BCUT2D eigenvalue weighted by atomic mass is 32.2. The predicted octanol–water partition coefficient (Wildman–Crippen LogP) is 4.43. The smallest absolute Gasteiger partial charge is 0.325 e. The quantitative estimate of drug-likeness (QED) is 0.361. The van der Waals surface area contributed by atoms with Crippen molar-refractivity contribution in [1.29, 1.82) is 0 Å². The Labute approximate surface area is 274 Å². The van der Waals surface area contributed by atoms with Crippen LogP contribution in [0.4, 0.5) is 13.6 Å². The van der Waals surface area contributed by atoms with Gasteiger partial charge in [-0.15, -0.1) is 0 Å². The molecule has 2 aromatic carbocycles. The molecule has 2 bridgehead atoms. The van der Waals surface area contributed by atoms with Crippen molar-refractivity contribution in [2.75, 3.05) is 20.6 Å². The van der Waals surface area contributed by atoms with Crippen LogP contribution in [0.25, 0.3) is 0 Å². The van der Waals surface area contributed by atoms with Gasteiger partial charge in [0.05, 0.1) is 17.5 Å². The number of alkyl halides is 2. The summed E-state index contributed by atoms with van der Waals surface area (Å²) in [6.07, 6.45) is 3.24. The molecule has 2 N–H and O–H groups in total. The fourth-order valence-electron chi connectivity index (χ4n) is 7.84. The van der Waals surface area contributed by atoms with E-state index in [9.17, 15) is 31.6 Å². The zero-order chi connectivity index (χ0) is 33.6. The lowest BCUT2D eigenvalue weighted by atomic mass is 9.82. The molecule has 6 rings (SSSR count). The van der Waals surface area contributed by atoms with E-state index >= 15 is 0 Å². The Morgan fingerprint density at radius 2 is 1.60 bits per heavy atom. The number of sulfonamides is 1. The van der Waals surface area contributed by atoms with Crippen molar-refractivity contribution in [3.63, 3.8) is 0 Å². The van der Waals surface area contributed by atoms with Gasteiger partial charge in [0.15, 0.2) is 0 Å². The summed E-state index contributed by atoms with van der Waals surface area (Å²) in [4.78, 5) is 43.9. The third-order valence-electron chi connectivity index (χ3n) is 10.5. The first-order chi connectivity index (χ1) is 22.3. The van der Waals surface area contributed by atoms with Gasteiger partial charge in [-0.1, -0.05) is 42.5 Å². The Morgan fingerprint density at radius 1 is 0.979 bits per heavy atom. The van der Waals surface area contributed by atoms with Crippen molar-refractivity contribution in [3.05, 3.63) is 65.7 Å². The van der Waals surface area contributed by atoms with Crippen LogP contribution in [-0.2, 0) is 26.2 Å². The lowest BCUT2D eigenvalue weighted by Gasteiger charge is -2.43. The number of urea groups is 1. The van der Waals surface area contributed by atoms with Crippen LogP contribution >= 0.6 is 0 Å². The Hall–Kier alpha value is -3.42. The van der Waals surface area contributed by atoms with E-state index in [1.807, 2.05) is 30.3 Å². The van der Waals surface area contributed by atoms with Crippen molar-refractivity contribution < 1.29 is 31.6 Å². The molecule has 4 fully saturated rings. The van der Waals surface area contributed by atoms with Gasteiger partial charge in [-0.05, 0) is 68.2 Å². The fourth-order valence-corrected chi connectivity index (χ4v) is 8.74. The zero-order valence-electron chi connectivity index (χ0n) is 26.8. The van der Waals surface area contributed by atoms with E-state index in [1.54, 1.807) is 12.1 Å². The summed E-state index contributed by atoms with van der Waals surface area (Å²) in [6, 6.07) is 15.4. The van der Waals surface area contributed by atoms with Crippen LogP contribution in [-0.4, -0.2) is 84.6 Å². The van der Waals surface area contributed by atoms with Gasteiger partial charge in [-0.2, -0.15) is 0 Å². The van der Waals surface area contributed by atoms with Crippen LogP contribution in [0.5, 0.6) is 0 Å². The molecular formula is C34H43F2N5O5S. The number of hydrogen-bond acceptors (Lipinski definition) is 6. The molecule has 3 saturated heterocycles. The van der Waals surface area contributed by atoms with Gasteiger partial charge in [-0.3, -0.25) is 19.4 Å². The Morgan fingerprint density at radius 3 is 2.19 bits per heavy atom. The molecule has 0 radical (unpaired) electrons. The first-order valence-electron chi connectivity index (χ1n) is 16.4. The number of rotatable bonds is 10. The average Bonchev–Trinajstić information content (AvgIpc) is 3.42. The molecule has 4 aliphatic rings. The van der Waals surface area contributed by atoms with Gasteiger partial charge >= 0.3 is 6.03 Å². The minimum atomic E-state index is -3.59. The highest BCUT2D eigenvalue weighted by Crippen LogP contribution is 2.44. The molecule has 3 heterocycles. The summed E-state index contributed by atoms with van der Waals surface area (Å²) < 4.78 is 53.4. The first-order valence-corrected chi connectivity index (χ1v) is 17.9. The molecule has 1 spiro atoms. The number of benzene rings is 2. The molecule has 0 aromatic heterocycles. The minimum absolute atomic E-state index is 0.0465. The second-order valence-electron chi connectivity index (χ2n) is 13.8. The SMILES string of the molecule is CN(C)S(=O)(=O)c1ccc(CN2C(=O)NC3(CC4CCC(C3)N4CC[C@@H](NC(=O)C3CCC(F)(F)CC3)c3ccccc3)C2=O)cc1. The van der Waals surface area contributed by atoms with Crippen LogP contribution in [0.1, 0.15) is 75.0 Å². The number of carbonyl (C=O) groups excluding carboxylic acids is 3. The van der Waals surface area contributed by atoms with Gasteiger partial charge in [0, 0.05) is 51.5 Å². The number of halogens is 2. The van der Waals surface area contributed by atoms with Gasteiger partial charge in [0.2, 0.25) is 21.9 Å². The summed E-state index contributed by atoms with van der Waals surface area (Å²) in [5, 5.41) is 6.18. The van der Waals surface area contributed by atoms with Crippen molar-refractivity contribution in [3.8, 4) is 0 Å². The van der Waals surface area contributed by atoms with Crippen molar-refractivity contribution >= 4 is 27.9 Å². The maximum Gasteiger partial charge on any atom is 0.325 e. The van der Waals surface area contributed by atoms with Crippen molar-refractivity contribution in [2.45, 2.75) is 98.8 Å². The topological polar surface area (TPSA) is 119 Å². The highest BCUT2D eigenvalue weighted by Gasteiger charge is 2.58. The molecule has 254 valence electrons. The number of amides is 4. The number of carbonyl (C=O) groups is 3. The van der Waals surface area contributed by atoms with Gasteiger partial charge in [0.25, 0.3) is 5.91 Å². The number of fused-ring (bicyclic) bond motifs is 2. The summed E-state index contributed by atoms with van der Waals surface area (Å²) in [7, 11) is -0.678. The largest absolute Gasteiger partial charge is 0.349 e. The highest BCUT2D eigenvalue weighted by molar-refractivity contribution is 7.89. The molecule has 10 nitrogen and oxygen atoms in total. The lowest BCUT2D eigenvalue weighted by Crippen LogP contribution is -2.59. The van der Waals surface area contributed by atoms with Crippen molar-refractivity contribution in [2.24, 2.45) is 5.92 Å². The van der Waals surface area contributed by atoms with E-state index in [4.69, 9.17) is 0 Å². The van der Waals surface area contributed by atoms with Crippen molar-refractivity contribution in [1.82, 2.24) is 24.7 Å². The number of nitrogens with one attached hydrogen (secondary N) is 2. The van der Waals surface area contributed by atoms with Crippen LogP contribution in [0.2, 0.25) is 0 Å². The molecule has 13 heteroatoms. The fraction of sp³-hybridized carbons (Fsp3) is 0.559. The monoisotopic (exact) mass is 671 g/mol. The molecule has 4 amide bonds. The standard InChI is InChI=1S/C34H43F2N5O5S/c1-39(2)47(45,46)28-12-8-23(9-13-28)22-41-31(43)33(38-32(41)44)20-26-10-11-27(21-33)40(26)19-16-29(24-6-4-3-5-7-24)37-30(42)25-14-17-34(35,36)18-15-25/h3-9,12-13,25-27,29H,10-11,14-22H2,1-2H3,(H,37,42)(H,38,44)/t26?,27?,29-,33?/m1/s1. The molecular weight excluding hydrogens is 628 g/mol. The number of nitrogens with zero attached hydrogens (tertiary/aromatic N) is 3. The second-order valence-corrected chi connectivity index (χ2v) is 15.9. The maximum absolute atomic E-state index is 13.8. The molecule has 2 unspecified atom stereocenters. The number of imide groups is 1. The van der Waals surface area contributed by atoms with E-state index in [2.05, 4.69) is 15.5 Å². The summed E-state index contributed by atoms with van der Waals surface area (Å²) in [5.41, 5.74) is 0.632. The predicted molar refractivity (Wildman–Crippen MR) is 171 cm³/mol. The van der Waals surface area contributed by atoms with Crippen LogP contribution in [0, 0.1) is 5.92 Å². The number of piperidine rings is 1. The first kappa shape index (κ1) is 33.5. The van der Waals surface area contributed by atoms with Gasteiger partial charge < -0.3 is 10.6 Å². The van der Waals surface area contributed by atoms with Crippen LogP contribution in [0.15, 0.2) is 59.5 Å². The van der Waals surface area contributed by atoms with E-state index in [1.165, 1.54) is 31.1 Å².